The van der Waals surface area contributed by atoms with E-state index in [2.05, 4.69) is 26.6 Å². The van der Waals surface area contributed by atoms with Gasteiger partial charge in [-0.3, -0.25) is 14.9 Å². The minimum atomic E-state index is -0.681. The Labute approximate surface area is 142 Å². The summed E-state index contributed by atoms with van der Waals surface area (Å²) < 4.78 is 11.0. The van der Waals surface area contributed by atoms with E-state index < -0.39 is 24.5 Å². The number of hydrogen-bond acceptors (Lipinski definition) is 5. The third-order valence-electron chi connectivity index (χ3n) is 2.52. The minimum Gasteiger partial charge on any atom is -0.493 e. The molecule has 0 spiro atoms. The lowest BCUT2D eigenvalue weighted by atomic mass is 10.3. The molecule has 0 aromatic heterocycles. The minimum absolute atomic E-state index is 0.00181. The average Bonchev–Trinajstić information content (AvgIpc) is 2.51. The van der Waals surface area contributed by atoms with Crippen LogP contribution in [0.5, 0.6) is 5.75 Å². The molecular formula is C15H19BrN2O5. The molecule has 0 aliphatic heterocycles. The van der Waals surface area contributed by atoms with Crippen molar-refractivity contribution >= 4 is 33.8 Å². The van der Waals surface area contributed by atoms with Gasteiger partial charge in [-0.1, -0.05) is 28.9 Å². The van der Waals surface area contributed by atoms with E-state index in [9.17, 15) is 14.4 Å². The summed E-state index contributed by atoms with van der Waals surface area (Å²) in [5.74, 6) is -0.638. The molecule has 0 atom stereocenters. The maximum Gasteiger partial charge on any atom is 0.321 e. The Bertz CT molecular complexity index is 550. The van der Waals surface area contributed by atoms with E-state index >= 15 is 0 Å². The number of benzene rings is 1. The van der Waals surface area contributed by atoms with Crippen LogP contribution in [0.25, 0.3) is 0 Å². The number of nitrogens with one attached hydrogen (secondary N) is 2. The second-order valence-corrected chi connectivity index (χ2v) is 5.44. The van der Waals surface area contributed by atoms with Gasteiger partial charge >= 0.3 is 12.0 Å². The first kappa shape index (κ1) is 19.0. The maximum absolute atomic E-state index is 11.5. The Morgan fingerprint density at radius 1 is 1.26 bits per heavy atom. The van der Waals surface area contributed by atoms with Crippen molar-refractivity contribution in [2.75, 3.05) is 19.8 Å². The van der Waals surface area contributed by atoms with Gasteiger partial charge in [-0.2, -0.15) is 0 Å². The molecule has 0 radical (unpaired) electrons. The molecule has 3 amide bonds. The third-order valence-corrected chi connectivity index (χ3v) is 3.02. The molecule has 1 aromatic rings. The quantitative estimate of drug-likeness (QED) is 0.666. The summed E-state index contributed by atoms with van der Waals surface area (Å²) in [6.45, 7) is 1.98. The largest absolute Gasteiger partial charge is 0.493 e. The predicted molar refractivity (Wildman–Crippen MR) is 87.0 cm³/mol. The van der Waals surface area contributed by atoms with Crippen molar-refractivity contribution in [3.8, 4) is 5.75 Å². The van der Waals surface area contributed by atoms with E-state index in [1.165, 1.54) is 0 Å². The van der Waals surface area contributed by atoms with Gasteiger partial charge in [0.15, 0.2) is 6.61 Å². The van der Waals surface area contributed by atoms with Crippen molar-refractivity contribution in [2.45, 2.75) is 19.8 Å². The topological polar surface area (TPSA) is 93.7 Å². The first-order chi connectivity index (χ1) is 11.0. The molecule has 0 saturated heterocycles. The van der Waals surface area contributed by atoms with Crippen molar-refractivity contribution in [2.24, 2.45) is 0 Å². The number of urea groups is 1. The second-order valence-electron chi connectivity index (χ2n) is 4.52. The molecule has 23 heavy (non-hydrogen) atoms. The fourth-order valence-corrected chi connectivity index (χ4v) is 1.85. The zero-order valence-electron chi connectivity index (χ0n) is 12.8. The number of carbonyl (C=O) groups is 3. The van der Waals surface area contributed by atoms with E-state index in [1.54, 1.807) is 12.1 Å². The van der Waals surface area contributed by atoms with E-state index in [-0.39, 0.29) is 13.0 Å². The van der Waals surface area contributed by atoms with Crippen molar-refractivity contribution in [3.63, 3.8) is 0 Å². The highest BCUT2D eigenvalue weighted by Gasteiger charge is 2.10. The average molecular weight is 387 g/mol. The molecule has 0 saturated carbocycles. The van der Waals surface area contributed by atoms with E-state index in [0.29, 0.717) is 12.3 Å². The van der Waals surface area contributed by atoms with Crippen LogP contribution in [0.4, 0.5) is 4.79 Å². The molecule has 0 aliphatic rings. The molecule has 2 N–H and O–H groups in total. The molecule has 1 aromatic carbocycles. The van der Waals surface area contributed by atoms with Crippen LogP contribution in [-0.2, 0) is 14.3 Å². The maximum atomic E-state index is 11.5. The van der Waals surface area contributed by atoms with Crippen molar-refractivity contribution < 1.29 is 23.9 Å². The number of carbonyl (C=O) groups excluding carboxylic acids is 3. The van der Waals surface area contributed by atoms with Gasteiger partial charge in [0.2, 0.25) is 0 Å². The number of ether oxygens (including phenoxy) is 2. The van der Waals surface area contributed by atoms with Crippen LogP contribution in [0, 0.1) is 0 Å². The van der Waals surface area contributed by atoms with Gasteiger partial charge in [-0.25, -0.2) is 4.79 Å². The van der Waals surface area contributed by atoms with Crippen molar-refractivity contribution in [3.05, 3.63) is 28.7 Å². The van der Waals surface area contributed by atoms with Gasteiger partial charge < -0.3 is 14.8 Å². The van der Waals surface area contributed by atoms with Crippen LogP contribution in [0.3, 0.4) is 0 Å². The number of rotatable bonds is 8. The molecule has 8 heteroatoms. The highest BCUT2D eigenvalue weighted by Crippen LogP contribution is 2.17. The van der Waals surface area contributed by atoms with Crippen LogP contribution in [0.15, 0.2) is 28.7 Å². The molecule has 1 rings (SSSR count). The summed E-state index contributed by atoms with van der Waals surface area (Å²) in [6, 6.07) is 6.60. The summed E-state index contributed by atoms with van der Waals surface area (Å²) >= 11 is 3.31. The Balaban J connectivity index is 2.16. The smallest absolute Gasteiger partial charge is 0.321 e. The summed E-state index contributed by atoms with van der Waals surface area (Å²) in [5, 5.41) is 4.53. The van der Waals surface area contributed by atoms with Gasteiger partial charge in [0.05, 0.1) is 13.0 Å². The summed E-state index contributed by atoms with van der Waals surface area (Å²) in [5.41, 5.74) is 0. The standard InChI is InChI=1S/C15H19BrN2O5/c1-2-7-17-15(21)18-13(19)10-23-14(20)6-8-22-12-5-3-4-11(16)9-12/h3-5,9H,2,6-8,10H2,1H3,(H2,17,18,19,21). The summed E-state index contributed by atoms with van der Waals surface area (Å²) in [6.07, 6.45) is 0.760. The zero-order chi connectivity index (χ0) is 17.1. The Hall–Kier alpha value is -2.09. The molecule has 0 bridgehead atoms. The zero-order valence-corrected chi connectivity index (χ0v) is 14.4. The van der Waals surface area contributed by atoms with Crippen LogP contribution in [0.2, 0.25) is 0 Å². The molecular weight excluding hydrogens is 368 g/mol. The third kappa shape index (κ3) is 8.82. The Kier molecular flexibility index (Phi) is 8.74. The lowest BCUT2D eigenvalue weighted by molar-refractivity contribution is -0.148. The van der Waals surface area contributed by atoms with Gasteiger partial charge in [0.25, 0.3) is 5.91 Å². The van der Waals surface area contributed by atoms with E-state index in [1.807, 2.05) is 19.1 Å². The number of amides is 3. The van der Waals surface area contributed by atoms with Gasteiger partial charge in [0.1, 0.15) is 5.75 Å². The lowest BCUT2D eigenvalue weighted by Crippen LogP contribution is -2.41. The number of hydrogen-bond donors (Lipinski definition) is 2. The Morgan fingerprint density at radius 2 is 2.04 bits per heavy atom. The predicted octanol–water partition coefficient (Wildman–Crippen LogP) is 2.00. The van der Waals surface area contributed by atoms with Crippen molar-refractivity contribution in [1.82, 2.24) is 10.6 Å². The molecule has 0 heterocycles. The monoisotopic (exact) mass is 386 g/mol. The number of halogens is 1. The normalized spacial score (nSPS) is 9.83. The summed E-state index contributed by atoms with van der Waals surface area (Å²) in [7, 11) is 0. The molecule has 126 valence electrons. The van der Waals surface area contributed by atoms with Gasteiger partial charge in [0, 0.05) is 11.0 Å². The van der Waals surface area contributed by atoms with E-state index in [4.69, 9.17) is 9.47 Å². The molecule has 0 aliphatic carbocycles. The number of imide groups is 1. The fraction of sp³-hybridized carbons (Fsp3) is 0.400. The van der Waals surface area contributed by atoms with Crippen LogP contribution in [-0.4, -0.2) is 37.7 Å². The highest BCUT2D eigenvalue weighted by molar-refractivity contribution is 9.10. The van der Waals surface area contributed by atoms with Gasteiger partial charge in [-0.05, 0) is 24.6 Å². The van der Waals surface area contributed by atoms with Crippen molar-refractivity contribution in [1.29, 1.82) is 0 Å². The van der Waals surface area contributed by atoms with E-state index in [0.717, 1.165) is 10.9 Å². The second kappa shape index (κ2) is 10.6. The molecule has 7 nitrogen and oxygen atoms in total. The molecule has 0 fully saturated rings. The lowest BCUT2D eigenvalue weighted by Gasteiger charge is -2.08. The van der Waals surface area contributed by atoms with Crippen LogP contribution in [0.1, 0.15) is 19.8 Å². The first-order valence-corrected chi connectivity index (χ1v) is 7.92. The summed E-state index contributed by atoms with van der Waals surface area (Å²) in [4.78, 5) is 34.0. The van der Waals surface area contributed by atoms with Gasteiger partial charge in [-0.15, -0.1) is 0 Å². The van der Waals surface area contributed by atoms with Crippen LogP contribution < -0.4 is 15.4 Å². The fourth-order valence-electron chi connectivity index (χ4n) is 1.47. The SMILES string of the molecule is CCCNC(=O)NC(=O)COC(=O)CCOc1cccc(Br)c1. The number of esters is 1. The van der Waals surface area contributed by atoms with Crippen LogP contribution >= 0.6 is 15.9 Å². The highest BCUT2D eigenvalue weighted by atomic mass is 79.9. The molecule has 0 unspecified atom stereocenters. The Morgan fingerprint density at radius 3 is 2.74 bits per heavy atom. The first-order valence-electron chi connectivity index (χ1n) is 7.13.